The summed E-state index contributed by atoms with van der Waals surface area (Å²) in [6.45, 7) is 2.88. The Balaban J connectivity index is 2.14. The van der Waals surface area contributed by atoms with Crippen molar-refractivity contribution in [3.8, 4) is 6.07 Å². The molecule has 2 aromatic rings. The molecule has 0 saturated carbocycles. The van der Waals surface area contributed by atoms with Gasteiger partial charge >= 0.3 is 0 Å². The summed E-state index contributed by atoms with van der Waals surface area (Å²) in [5.41, 5.74) is 4.10. The van der Waals surface area contributed by atoms with Gasteiger partial charge in [-0.05, 0) is 43.5 Å². The Morgan fingerprint density at radius 2 is 2.05 bits per heavy atom. The molecule has 0 N–H and O–H groups in total. The minimum Gasteiger partial charge on any atom is -0.325 e. The van der Waals surface area contributed by atoms with E-state index in [9.17, 15) is 5.26 Å². The Morgan fingerprint density at radius 3 is 2.89 bits per heavy atom. The first-order valence-corrected chi connectivity index (χ1v) is 6.53. The van der Waals surface area contributed by atoms with Gasteiger partial charge in [0.1, 0.15) is 6.07 Å². The molecule has 94 valence electrons. The average molecular weight is 249 g/mol. The summed E-state index contributed by atoms with van der Waals surface area (Å²) < 4.78 is 0. The van der Waals surface area contributed by atoms with Crippen LogP contribution in [0.4, 0.5) is 11.5 Å². The van der Waals surface area contributed by atoms with Crippen LogP contribution in [-0.2, 0) is 6.42 Å². The average Bonchev–Trinajstić information content (AvgIpc) is 2.46. The van der Waals surface area contributed by atoms with Gasteiger partial charge in [0.25, 0.3) is 0 Å². The first-order chi connectivity index (χ1) is 9.29. The highest BCUT2D eigenvalue weighted by Gasteiger charge is 2.21. The Kier molecular flexibility index (Phi) is 2.92. The van der Waals surface area contributed by atoms with Gasteiger partial charge in [-0.2, -0.15) is 5.26 Å². The number of fused-ring (bicyclic) bond motifs is 1. The van der Waals surface area contributed by atoms with E-state index < -0.39 is 0 Å². The van der Waals surface area contributed by atoms with Crippen molar-refractivity contribution in [2.45, 2.75) is 19.8 Å². The molecule has 1 aromatic carbocycles. The number of pyridine rings is 1. The highest BCUT2D eigenvalue weighted by molar-refractivity contribution is 5.69. The Hall–Kier alpha value is -2.34. The van der Waals surface area contributed by atoms with Crippen molar-refractivity contribution in [3.05, 3.63) is 53.2 Å². The maximum atomic E-state index is 9.27. The van der Waals surface area contributed by atoms with Crippen molar-refractivity contribution in [3.63, 3.8) is 0 Å². The lowest BCUT2D eigenvalue weighted by molar-refractivity contribution is 0.758. The molecule has 0 spiro atoms. The molecule has 0 atom stereocenters. The summed E-state index contributed by atoms with van der Waals surface area (Å²) in [4.78, 5) is 6.74. The van der Waals surface area contributed by atoms with Gasteiger partial charge in [0.05, 0.1) is 5.56 Å². The summed E-state index contributed by atoms with van der Waals surface area (Å²) in [5, 5.41) is 9.27. The van der Waals surface area contributed by atoms with Crippen LogP contribution >= 0.6 is 0 Å². The van der Waals surface area contributed by atoms with E-state index in [4.69, 9.17) is 0 Å². The number of hydrogen-bond donors (Lipinski definition) is 0. The van der Waals surface area contributed by atoms with Gasteiger partial charge in [-0.15, -0.1) is 0 Å². The highest BCUT2D eigenvalue weighted by Crippen LogP contribution is 2.33. The largest absolute Gasteiger partial charge is 0.325 e. The number of rotatable bonds is 1. The number of aromatic nitrogens is 1. The SMILES string of the molecule is Cc1ccc(C#N)c(N2CCCc3ccccc32)n1. The predicted octanol–water partition coefficient (Wildman–Crippen LogP) is 3.35. The van der Waals surface area contributed by atoms with Crippen molar-refractivity contribution in [2.75, 3.05) is 11.4 Å². The van der Waals surface area contributed by atoms with Crippen molar-refractivity contribution in [1.29, 1.82) is 5.26 Å². The summed E-state index contributed by atoms with van der Waals surface area (Å²) in [5.74, 6) is 0.787. The van der Waals surface area contributed by atoms with Gasteiger partial charge in [0.15, 0.2) is 5.82 Å². The number of nitrogens with zero attached hydrogens (tertiary/aromatic N) is 3. The zero-order valence-corrected chi connectivity index (χ0v) is 10.9. The molecule has 0 radical (unpaired) electrons. The van der Waals surface area contributed by atoms with E-state index in [0.29, 0.717) is 5.56 Å². The maximum Gasteiger partial charge on any atom is 0.151 e. The second-order valence-corrected chi connectivity index (χ2v) is 4.82. The summed E-state index contributed by atoms with van der Waals surface area (Å²) in [6.07, 6.45) is 2.19. The van der Waals surface area contributed by atoms with E-state index in [1.54, 1.807) is 0 Å². The Morgan fingerprint density at radius 1 is 1.21 bits per heavy atom. The molecule has 0 aliphatic carbocycles. The maximum absolute atomic E-state index is 9.27. The number of aryl methyl sites for hydroxylation is 2. The standard InChI is InChI=1S/C16H15N3/c1-12-8-9-14(11-17)16(18-12)19-10-4-6-13-5-2-3-7-15(13)19/h2-3,5,7-9H,4,6,10H2,1H3. The fourth-order valence-corrected chi connectivity index (χ4v) is 2.59. The van der Waals surface area contributed by atoms with Crippen molar-refractivity contribution in [1.82, 2.24) is 4.98 Å². The van der Waals surface area contributed by atoms with E-state index in [-0.39, 0.29) is 0 Å². The Labute approximate surface area is 113 Å². The van der Waals surface area contributed by atoms with Crippen molar-refractivity contribution >= 4 is 11.5 Å². The number of anilines is 2. The monoisotopic (exact) mass is 249 g/mol. The third-order valence-electron chi connectivity index (χ3n) is 3.50. The topological polar surface area (TPSA) is 39.9 Å². The lowest BCUT2D eigenvalue weighted by Gasteiger charge is -2.31. The normalized spacial score (nSPS) is 13.8. The van der Waals surface area contributed by atoms with E-state index in [1.165, 1.54) is 11.3 Å². The molecular formula is C16H15N3. The third-order valence-corrected chi connectivity index (χ3v) is 3.50. The third kappa shape index (κ3) is 2.06. The van der Waals surface area contributed by atoms with E-state index in [2.05, 4.69) is 34.2 Å². The zero-order valence-electron chi connectivity index (χ0n) is 10.9. The van der Waals surface area contributed by atoms with Crippen LogP contribution in [0.5, 0.6) is 0 Å². The van der Waals surface area contributed by atoms with Gasteiger partial charge in [-0.25, -0.2) is 4.98 Å². The summed E-state index contributed by atoms with van der Waals surface area (Å²) >= 11 is 0. The van der Waals surface area contributed by atoms with Crippen LogP contribution in [0.1, 0.15) is 23.2 Å². The van der Waals surface area contributed by atoms with E-state index >= 15 is 0 Å². The number of benzene rings is 1. The quantitative estimate of drug-likeness (QED) is 0.778. The van der Waals surface area contributed by atoms with Gasteiger partial charge < -0.3 is 4.90 Å². The van der Waals surface area contributed by atoms with Crippen LogP contribution in [0, 0.1) is 18.3 Å². The first-order valence-electron chi connectivity index (χ1n) is 6.53. The minimum absolute atomic E-state index is 0.641. The molecule has 3 heteroatoms. The van der Waals surface area contributed by atoms with E-state index in [1.807, 2.05) is 25.1 Å². The second kappa shape index (κ2) is 4.74. The molecule has 0 fully saturated rings. The summed E-state index contributed by atoms with van der Waals surface area (Å²) in [7, 11) is 0. The number of hydrogen-bond acceptors (Lipinski definition) is 3. The fraction of sp³-hybridized carbons (Fsp3) is 0.250. The lowest BCUT2D eigenvalue weighted by Crippen LogP contribution is -2.26. The molecule has 0 bridgehead atoms. The molecule has 0 saturated heterocycles. The summed E-state index contributed by atoms with van der Waals surface area (Å²) in [6, 6.07) is 14.4. The van der Waals surface area contributed by atoms with Gasteiger partial charge in [-0.3, -0.25) is 0 Å². The van der Waals surface area contributed by atoms with Gasteiger partial charge in [0, 0.05) is 17.9 Å². The van der Waals surface area contributed by atoms with Crippen molar-refractivity contribution < 1.29 is 0 Å². The van der Waals surface area contributed by atoms with Crippen LogP contribution in [0.2, 0.25) is 0 Å². The number of para-hydroxylation sites is 1. The van der Waals surface area contributed by atoms with Gasteiger partial charge in [0.2, 0.25) is 0 Å². The van der Waals surface area contributed by atoms with Crippen LogP contribution in [0.25, 0.3) is 0 Å². The molecule has 1 aliphatic heterocycles. The molecule has 3 nitrogen and oxygen atoms in total. The highest BCUT2D eigenvalue weighted by atomic mass is 15.2. The molecule has 0 amide bonds. The molecule has 3 rings (SSSR count). The Bertz CT molecular complexity index is 655. The lowest BCUT2D eigenvalue weighted by atomic mass is 10.0. The minimum atomic E-state index is 0.641. The van der Waals surface area contributed by atoms with Crippen LogP contribution in [0.15, 0.2) is 36.4 Å². The molecule has 1 aliphatic rings. The molecule has 2 heterocycles. The number of nitriles is 1. The first kappa shape index (κ1) is 11.7. The van der Waals surface area contributed by atoms with E-state index in [0.717, 1.165) is 30.9 Å². The van der Waals surface area contributed by atoms with Crippen LogP contribution < -0.4 is 4.90 Å². The molecule has 0 unspecified atom stereocenters. The molecular weight excluding hydrogens is 234 g/mol. The van der Waals surface area contributed by atoms with Gasteiger partial charge in [-0.1, -0.05) is 18.2 Å². The molecule has 19 heavy (non-hydrogen) atoms. The zero-order chi connectivity index (χ0) is 13.2. The van der Waals surface area contributed by atoms with Crippen molar-refractivity contribution in [2.24, 2.45) is 0 Å². The fourth-order valence-electron chi connectivity index (χ4n) is 2.59. The smallest absolute Gasteiger partial charge is 0.151 e. The van der Waals surface area contributed by atoms with Crippen LogP contribution in [0.3, 0.4) is 0 Å². The predicted molar refractivity (Wildman–Crippen MR) is 75.5 cm³/mol. The molecule has 1 aromatic heterocycles. The van der Waals surface area contributed by atoms with Crippen LogP contribution in [-0.4, -0.2) is 11.5 Å². The second-order valence-electron chi connectivity index (χ2n) is 4.82.